The van der Waals surface area contributed by atoms with E-state index in [1.54, 1.807) is 5.01 Å². The molecule has 0 spiro atoms. The molecule has 182 valence electrons. The Balaban J connectivity index is 1.64. The molecule has 1 aliphatic heterocycles. The van der Waals surface area contributed by atoms with Gasteiger partial charge in [-0.2, -0.15) is 18.3 Å². The summed E-state index contributed by atoms with van der Waals surface area (Å²) >= 11 is 0. The number of hydrazone groups is 1. The van der Waals surface area contributed by atoms with Crippen LogP contribution in [0.5, 0.6) is 5.75 Å². The summed E-state index contributed by atoms with van der Waals surface area (Å²) in [4.78, 5) is 22.5. The predicted octanol–water partition coefficient (Wildman–Crippen LogP) is 5.65. The summed E-state index contributed by atoms with van der Waals surface area (Å²) in [5.41, 5.74) is -0.0826. The molecule has 0 radical (unpaired) electrons. The summed E-state index contributed by atoms with van der Waals surface area (Å²) in [6.45, 7) is 6.42. The number of carbonyl (C=O) groups is 1. The molecule has 0 bridgehead atoms. The lowest BCUT2D eigenvalue weighted by Crippen LogP contribution is -2.40. The van der Waals surface area contributed by atoms with E-state index in [0.717, 1.165) is 12.1 Å². The highest BCUT2D eigenvalue weighted by molar-refractivity contribution is 6.01. The number of halogens is 3. The van der Waals surface area contributed by atoms with Crippen LogP contribution in [-0.4, -0.2) is 41.0 Å². The first-order valence-electron chi connectivity index (χ1n) is 10.5. The van der Waals surface area contributed by atoms with Gasteiger partial charge in [-0.3, -0.25) is 15.1 Å². The van der Waals surface area contributed by atoms with Gasteiger partial charge >= 0.3 is 12.3 Å². The number of rotatable bonds is 6. The quantitative estimate of drug-likeness (QED) is 0.230. The molecular weight excluding hydrogens is 455 g/mol. The van der Waals surface area contributed by atoms with Gasteiger partial charge in [0.05, 0.1) is 22.7 Å². The van der Waals surface area contributed by atoms with Gasteiger partial charge in [-0.15, -0.1) is 0 Å². The van der Waals surface area contributed by atoms with Crippen molar-refractivity contribution in [2.24, 2.45) is 10.5 Å². The molecule has 2 aromatic carbocycles. The van der Waals surface area contributed by atoms with Crippen LogP contribution < -0.4 is 4.74 Å². The third-order valence-corrected chi connectivity index (χ3v) is 5.24. The molecule has 1 atom stereocenters. The predicted molar refractivity (Wildman–Crippen MR) is 118 cm³/mol. The van der Waals surface area contributed by atoms with Crippen molar-refractivity contribution in [3.8, 4) is 5.75 Å². The first-order chi connectivity index (χ1) is 15.8. The Hall–Kier alpha value is -3.63. The first kappa shape index (κ1) is 25.0. The standard InChI is InChI=1S/C23H24F3N3O5/c1-22(2,3)20(34-21(30)33-18-10-8-17(9-11-18)29(31)32)14-28-13-12-19(27-28)15-4-6-16(7-5-15)23(24,25)26/h4-11,20H,12-14H2,1-3H3/t20-/m1/s1. The summed E-state index contributed by atoms with van der Waals surface area (Å²) in [7, 11) is 0. The van der Waals surface area contributed by atoms with Crippen LogP contribution in [0.3, 0.4) is 0 Å². The van der Waals surface area contributed by atoms with Crippen molar-refractivity contribution in [2.75, 3.05) is 13.1 Å². The molecule has 0 aliphatic carbocycles. The number of carbonyl (C=O) groups excluding carboxylic acids is 1. The van der Waals surface area contributed by atoms with Gasteiger partial charge in [-0.25, -0.2) is 4.79 Å². The average molecular weight is 479 g/mol. The van der Waals surface area contributed by atoms with E-state index in [1.807, 2.05) is 20.8 Å². The summed E-state index contributed by atoms with van der Waals surface area (Å²) in [5, 5.41) is 16.9. The molecule has 0 saturated heterocycles. The Bertz CT molecular complexity index is 1060. The van der Waals surface area contributed by atoms with Crippen LogP contribution in [0.25, 0.3) is 0 Å². The molecule has 0 saturated carbocycles. The van der Waals surface area contributed by atoms with Gasteiger partial charge in [-0.05, 0) is 29.8 Å². The molecule has 11 heteroatoms. The number of nitrogens with zero attached hydrogens (tertiary/aromatic N) is 3. The number of benzene rings is 2. The monoisotopic (exact) mass is 479 g/mol. The molecule has 0 unspecified atom stereocenters. The third kappa shape index (κ3) is 6.46. The van der Waals surface area contributed by atoms with E-state index < -0.39 is 34.3 Å². The maximum atomic E-state index is 12.8. The van der Waals surface area contributed by atoms with E-state index in [9.17, 15) is 28.1 Å². The lowest BCUT2D eigenvalue weighted by atomic mass is 9.89. The van der Waals surface area contributed by atoms with Crippen molar-refractivity contribution < 1.29 is 32.4 Å². The second-order valence-electron chi connectivity index (χ2n) is 8.86. The van der Waals surface area contributed by atoms with Crippen LogP contribution in [0.1, 0.15) is 38.3 Å². The molecule has 0 N–H and O–H groups in total. The maximum absolute atomic E-state index is 12.8. The lowest BCUT2D eigenvalue weighted by molar-refractivity contribution is -0.384. The van der Waals surface area contributed by atoms with E-state index in [-0.39, 0.29) is 18.0 Å². The first-order valence-corrected chi connectivity index (χ1v) is 10.5. The second-order valence-corrected chi connectivity index (χ2v) is 8.86. The van der Waals surface area contributed by atoms with Crippen LogP contribution in [0.2, 0.25) is 0 Å². The van der Waals surface area contributed by atoms with E-state index in [1.165, 1.54) is 36.4 Å². The smallest absolute Gasteiger partial charge is 0.428 e. The lowest BCUT2D eigenvalue weighted by Gasteiger charge is -2.32. The number of non-ortho nitro benzene ring substituents is 1. The van der Waals surface area contributed by atoms with Crippen molar-refractivity contribution in [1.82, 2.24) is 5.01 Å². The number of nitro groups is 1. The highest BCUT2D eigenvalue weighted by atomic mass is 19.4. The fourth-order valence-corrected chi connectivity index (χ4v) is 3.24. The normalized spacial score (nSPS) is 15.0. The zero-order chi connectivity index (χ0) is 25.1. The second kappa shape index (κ2) is 9.70. The van der Waals surface area contributed by atoms with Crippen molar-refractivity contribution >= 4 is 17.6 Å². The van der Waals surface area contributed by atoms with Gasteiger partial charge in [-0.1, -0.05) is 32.9 Å². The molecule has 0 amide bonds. The minimum Gasteiger partial charge on any atom is -0.428 e. The van der Waals surface area contributed by atoms with Crippen LogP contribution >= 0.6 is 0 Å². The highest BCUT2D eigenvalue weighted by Crippen LogP contribution is 2.30. The summed E-state index contributed by atoms with van der Waals surface area (Å²) in [6.07, 6.45) is -5.44. The maximum Gasteiger partial charge on any atom is 0.514 e. The zero-order valence-corrected chi connectivity index (χ0v) is 18.8. The highest BCUT2D eigenvalue weighted by Gasteiger charge is 2.33. The minimum atomic E-state index is -4.40. The van der Waals surface area contributed by atoms with Gasteiger partial charge in [0.25, 0.3) is 5.69 Å². The van der Waals surface area contributed by atoms with Gasteiger partial charge in [0.15, 0.2) is 0 Å². The Labute approximate surface area is 194 Å². The van der Waals surface area contributed by atoms with Crippen LogP contribution in [0, 0.1) is 15.5 Å². The Morgan fingerprint density at radius 1 is 1.12 bits per heavy atom. The molecule has 1 heterocycles. The van der Waals surface area contributed by atoms with Crippen LogP contribution in [-0.2, 0) is 10.9 Å². The summed E-state index contributed by atoms with van der Waals surface area (Å²) in [6, 6.07) is 9.86. The fraction of sp³-hybridized carbons (Fsp3) is 0.391. The average Bonchev–Trinajstić information content (AvgIpc) is 3.21. The molecule has 34 heavy (non-hydrogen) atoms. The number of ether oxygens (including phenoxy) is 2. The molecule has 2 aromatic rings. The number of hydrogen-bond donors (Lipinski definition) is 0. The SMILES string of the molecule is CC(C)(C)[C@@H](CN1CCC(c2ccc(C(F)(F)F)cc2)=N1)OC(=O)Oc1ccc([N+](=O)[O-])cc1. The molecule has 0 fully saturated rings. The Morgan fingerprint density at radius 3 is 2.26 bits per heavy atom. The summed E-state index contributed by atoms with van der Waals surface area (Å²) in [5.74, 6) is 0.104. The number of hydrogen-bond acceptors (Lipinski definition) is 7. The van der Waals surface area contributed by atoms with E-state index in [0.29, 0.717) is 24.2 Å². The summed E-state index contributed by atoms with van der Waals surface area (Å²) < 4.78 is 49.0. The van der Waals surface area contributed by atoms with Gasteiger partial charge < -0.3 is 9.47 Å². The van der Waals surface area contributed by atoms with E-state index in [4.69, 9.17) is 9.47 Å². The van der Waals surface area contributed by atoms with E-state index in [2.05, 4.69) is 5.10 Å². The molecule has 8 nitrogen and oxygen atoms in total. The molecule has 1 aliphatic rings. The third-order valence-electron chi connectivity index (χ3n) is 5.24. The van der Waals surface area contributed by atoms with Crippen molar-refractivity contribution in [3.63, 3.8) is 0 Å². The Kier molecular flexibility index (Phi) is 7.13. The van der Waals surface area contributed by atoms with E-state index >= 15 is 0 Å². The fourth-order valence-electron chi connectivity index (χ4n) is 3.24. The van der Waals surface area contributed by atoms with Crippen LogP contribution in [0.15, 0.2) is 53.6 Å². The Morgan fingerprint density at radius 2 is 1.74 bits per heavy atom. The number of alkyl halides is 3. The van der Waals surface area contributed by atoms with Gasteiger partial charge in [0.1, 0.15) is 11.9 Å². The molecular formula is C23H24F3N3O5. The van der Waals surface area contributed by atoms with Crippen molar-refractivity contribution in [1.29, 1.82) is 0 Å². The topological polar surface area (TPSA) is 94.3 Å². The number of nitro benzene ring substituents is 1. The molecule has 3 rings (SSSR count). The molecule has 0 aromatic heterocycles. The largest absolute Gasteiger partial charge is 0.514 e. The minimum absolute atomic E-state index is 0.104. The van der Waals surface area contributed by atoms with Crippen LogP contribution in [0.4, 0.5) is 23.7 Å². The zero-order valence-electron chi connectivity index (χ0n) is 18.8. The van der Waals surface area contributed by atoms with Gasteiger partial charge in [0, 0.05) is 30.5 Å². The van der Waals surface area contributed by atoms with Gasteiger partial charge in [0.2, 0.25) is 0 Å². The van der Waals surface area contributed by atoms with Crippen molar-refractivity contribution in [2.45, 2.75) is 39.5 Å². The van der Waals surface area contributed by atoms with Crippen molar-refractivity contribution in [3.05, 3.63) is 69.8 Å².